The van der Waals surface area contributed by atoms with Gasteiger partial charge in [-0.25, -0.2) is 14.8 Å². The Hall–Kier alpha value is -4.45. The quantitative estimate of drug-likeness (QED) is 0.0876. The Morgan fingerprint density at radius 3 is 2.45 bits per heavy atom. The molecule has 0 bridgehead atoms. The summed E-state index contributed by atoms with van der Waals surface area (Å²) in [5, 5.41) is 9.48. The van der Waals surface area contributed by atoms with Crippen LogP contribution in [-0.2, 0) is 23.4 Å². The summed E-state index contributed by atoms with van der Waals surface area (Å²) in [5.41, 5.74) is 0.639. The lowest BCUT2D eigenvalue weighted by Crippen LogP contribution is -2.58. The third kappa shape index (κ3) is 10.2. The monoisotopic (exact) mass is 880 g/mol. The lowest BCUT2D eigenvalue weighted by atomic mass is 9.85. The van der Waals surface area contributed by atoms with Gasteiger partial charge in [0, 0.05) is 41.3 Å². The molecule has 3 amide bonds. The van der Waals surface area contributed by atoms with Crippen molar-refractivity contribution in [2.75, 3.05) is 25.6 Å². The summed E-state index contributed by atoms with van der Waals surface area (Å²) in [5.74, 6) is -1.62. The molecule has 6 atom stereocenters. The molecule has 2 aliphatic carbocycles. The first-order chi connectivity index (χ1) is 28.1. The van der Waals surface area contributed by atoms with Crippen molar-refractivity contribution in [2.24, 2.45) is 11.3 Å². The third-order valence-electron chi connectivity index (χ3n) is 10.8. The van der Waals surface area contributed by atoms with Gasteiger partial charge in [0.15, 0.2) is 11.7 Å². The van der Waals surface area contributed by atoms with Crippen LogP contribution in [0.1, 0.15) is 73.1 Å². The fourth-order valence-corrected chi connectivity index (χ4v) is 10.2. The number of halogens is 3. The summed E-state index contributed by atoms with van der Waals surface area (Å²) in [6.45, 7) is 10.6. The maximum Gasteiger partial charge on any atom is 0.412 e. The van der Waals surface area contributed by atoms with Crippen molar-refractivity contribution in [2.45, 2.75) is 115 Å². The molecule has 328 valence electrons. The van der Waals surface area contributed by atoms with Crippen molar-refractivity contribution in [3.63, 3.8) is 0 Å². The molecule has 3 aromatic rings. The highest BCUT2D eigenvalue weighted by Gasteiger charge is 2.68. The van der Waals surface area contributed by atoms with E-state index in [4.69, 9.17) is 24.2 Å². The average molecular weight is 881 g/mol. The molecule has 1 saturated heterocycles. The van der Waals surface area contributed by atoms with Gasteiger partial charge < -0.3 is 40.0 Å². The Balaban J connectivity index is 1.34. The van der Waals surface area contributed by atoms with Crippen LogP contribution in [-0.4, -0.2) is 99.7 Å². The molecule has 1 unspecified atom stereocenters. The smallest absolute Gasteiger partial charge is 0.412 e. The van der Waals surface area contributed by atoms with E-state index in [-0.39, 0.29) is 31.5 Å². The van der Waals surface area contributed by atoms with Crippen LogP contribution >= 0.6 is 18.9 Å². The van der Waals surface area contributed by atoms with Gasteiger partial charge in [-0.1, -0.05) is 26.8 Å². The van der Waals surface area contributed by atoms with Crippen LogP contribution in [0.25, 0.3) is 22.3 Å². The maximum absolute atomic E-state index is 14.7. The molecule has 4 N–H and O–H groups in total. The zero-order valence-corrected chi connectivity index (χ0v) is 36.0. The van der Waals surface area contributed by atoms with Gasteiger partial charge >= 0.3 is 19.9 Å². The normalized spacial score (nSPS) is 23.5. The summed E-state index contributed by atoms with van der Waals surface area (Å²) in [6, 6.07) is 4.47. The highest BCUT2D eigenvalue weighted by Crippen LogP contribution is 2.70. The van der Waals surface area contributed by atoms with Crippen molar-refractivity contribution in [1.29, 1.82) is 0 Å². The number of rotatable bonds is 15. The largest absolute Gasteiger partial charge is 0.497 e. The van der Waals surface area contributed by atoms with Crippen LogP contribution in [0.5, 0.6) is 11.5 Å². The molecule has 3 aliphatic rings. The first-order valence-electron chi connectivity index (χ1n) is 19.8. The van der Waals surface area contributed by atoms with Gasteiger partial charge in [0.25, 0.3) is 0 Å². The number of nitrogens with one attached hydrogen (secondary N) is 3. The number of fused-ring (bicyclic) bond motifs is 1. The van der Waals surface area contributed by atoms with E-state index in [0.717, 1.165) is 12.8 Å². The Morgan fingerprint density at radius 1 is 1.12 bits per heavy atom. The predicted octanol–water partition coefficient (Wildman–Crippen LogP) is 7.40. The average Bonchev–Trinajstić information content (AvgIpc) is 3.57. The SMILES string of the molecule is C=C[C@@H]1C[C@]1(NC(=O)[C@@H]1C[C@@H](Oc2cc(-c3csc(NC(C)C)n3)nc3cc(OC)ccc23)CN1C(=O)[C@@H](NC(=O)OC1CCCC1)C(C)(C)C)P(=O)(O)OCC(F)(F)F. The fourth-order valence-electron chi connectivity index (χ4n) is 7.58. The topological polar surface area (TPSA) is 191 Å². The summed E-state index contributed by atoms with van der Waals surface area (Å²) in [4.78, 5) is 63.9. The van der Waals surface area contributed by atoms with E-state index in [9.17, 15) is 37.0 Å². The Morgan fingerprint density at radius 2 is 1.83 bits per heavy atom. The van der Waals surface area contributed by atoms with Gasteiger partial charge in [-0.05, 0) is 63.5 Å². The van der Waals surface area contributed by atoms with E-state index >= 15 is 0 Å². The summed E-state index contributed by atoms with van der Waals surface area (Å²) in [6.07, 6.45) is -2.82. The lowest BCUT2D eigenvalue weighted by molar-refractivity contribution is -0.155. The van der Waals surface area contributed by atoms with E-state index in [1.807, 2.05) is 19.2 Å². The van der Waals surface area contributed by atoms with Gasteiger partial charge in [0.05, 0.1) is 24.9 Å². The molecule has 60 heavy (non-hydrogen) atoms. The third-order valence-corrected chi connectivity index (χ3v) is 13.7. The lowest BCUT2D eigenvalue weighted by Gasteiger charge is -2.35. The second-order valence-corrected chi connectivity index (χ2v) is 19.8. The number of carbonyl (C=O) groups is 3. The second kappa shape index (κ2) is 17.5. The Labute approximate surface area is 350 Å². The molecule has 0 radical (unpaired) electrons. The van der Waals surface area contributed by atoms with Gasteiger partial charge in [0.2, 0.25) is 11.8 Å². The number of pyridine rings is 1. The molecule has 6 rings (SSSR count). The van der Waals surface area contributed by atoms with Crippen LogP contribution in [0.3, 0.4) is 0 Å². The Bertz CT molecular complexity index is 2140. The van der Waals surface area contributed by atoms with Crippen LogP contribution in [0.4, 0.5) is 23.1 Å². The molecule has 2 saturated carbocycles. The predicted molar refractivity (Wildman–Crippen MR) is 219 cm³/mol. The number of ether oxygens (including phenoxy) is 3. The highest BCUT2D eigenvalue weighted by atomic mass is 32.1. The molecule has 1 aliphatic heterocycles. The van der Waals surface area contributed by atoms with Crippen LogP contribution in [0.2, 0.25) is 0 Å². The van der Waals surface area contributed by atoms with E-state index in [1.54, 1.807) is 45.0 Å². The molecule has 3 heterocycles. The number of likely N-dealkylation sites (tertiary alicyclic amines) is 1. The van der Waals surface area contributed by atoms with E-state index in [0.29, 0.717) is 51.8 Å². The number of hydrogen-bond acceptors (Lipinski definition) is 12. The van der Waals surface area contributed by atoms with E-state index in [1.165, 1.54) is 29.4 Å². The number of alkyl carbamates (subject to hydrolysis) is 1. The number of alkyl halides is 3. The van der Waals surface area contributed by atoms with Gasteiger partial charge in [-0.3, -0.25) is 18.7 Å². The van der Waals surface area contributed by atoms with Crippen LogP contribution in [0.15, 0.2) is 42.3 Å². The molecule has 3 fully saturated rings. The first-order valence-corrected chi connectivity index (χ1v) is 22.2. The molecular weight excluding hydrogens is 829 g/mol. The van der Waals surface area contributed by atoms with Crippen molar-refractivity contribution >= 4 is 52.9 Å². The zero-order valence-electron chi connectivity index (χ0n) is 34.3. The minimum Gasteiger partial charge on any atom is -0.497 e. The number of carbonyl (C=O) groups excluding carboxylic acids is 3. The van der Waals surface area contributed by atoms with Crippen LogP contribution < -0.4 is 25.4 Å². The second-order valence-electron chi connectivity index (χ2n) is 16.8. The number of aromatic nitrogens is 2. The standard InChI is InChI=1S/C40H52F3N6O9PS/c1-8-23-18-39(23,59(53,54)56-21-40(41,42)43)48-34(50)31-16-26(19-49(31)35(51)33(38(4,5)6)47-37(52)58-24-11-9-10-12-24)57-32-17-29(30-20-60-36(46-30)44-22(2)3)45-28-15-25(55-7)13-14-27(28)32/h8,13-15,17,20,22-24,26,31,33H,1,9-12,16,18-19,21H2,2-7H3,(H,44,46)(H,47,52)(H,48,50)(H,53,54)/t23-,26-,31+,33-,39+/m1/s1. The highest BCUT2D eigenvalue weighted by molar-refractivity contribution is 7.55. The number of methoxy groups -OCH3 is 1. The number of anilines is 1. The molecule has 1 aromatic carbocycles. The van der Waals surface area contributed by atoms with E-state index in [2.05, 4.69) is 27.1 Å². The number of benzene rings is 1. The number of nitrogens with zero attached hydrogens (tertiary/aromatic N) is 3. The maximum atomic E-state index is 14.7. The first kappa shape index (κ1) is 45.1. The van der Waals surface area contributed by atoms with Gasteiger partial charge in [0.1, 0.15) is 46.8 Å². The number of amides is 3. The Kier molecular flexibility index (Phi) is 13.1. The fraction of sp³-hybridized carbons (Fsp3) is 0.575. The molecule has 15 nitrogen and oxygen atoms in total. The molecule has 20 heteroatoms. The van der Waals surface area contributed by atoms with Crippen molar-refractivity contribution in [3.05, 3.63) is 42.3 Å². The minimum absolute atomic E-state index is 0.134. The van der Waals surface area contributed by atoms with Crippen molar-refractivity contribution in [1.82, 2.24) is 25.5 Å². The van der Waals surface area contributed by atoms with Gasteiger partial charge in [-0.15, -0.1) is 17.9 Å². The number of hydrogen-bond donors (Lipinski definition) is 4. The summed E-state index contributed by atoms with van der Waals surface area (Å²) >= 11 is 1.40. The van der Waals surface area contributed by atoms with E-state index < -0.39 is 73.1 Å². The van der Waals surface area contributed by atoms with Crippen molar-refractivity contribution in [3.8, 4) is 22.9 Å². The number of thiazole rings is 1. The van der Waals surface area contributed by atoms with Crippen molar-refractivity contribution < 1.29 is 55.7 Å². The molecular formula is C40H52F3N6O9PS. The van der Waals surface area contributed by atoms with Crippen LogP contribution in [0, 0.1) is 11.3 Å². The molecule has 0 spiro atoms. The molecule has 2 aromatic heterocycles. The minimum atomic E-state index is -5.17. The summed E-state index contributed by atoms with van der Waals surface area (Å²) < 4.78 is 75.1. The van der Waals surface area contributed by atoms with Gasteiger partial charge in [-0.2, -0.15) is 13.2 Å². The summed E-state index contributed by atoms with van der Waals surface area (Å²) in [7, 11) is -3.65. The zero-order chi connectivity index (χ0) is 43.8.